The van der Waals surface area contributed by atoms with Gasteiger partial charge in [-0.05, 0) is 38.3 Å². The van der Waals surface area contributed by atoms with Crippen molar-refractivity contribution < 1.29 is 19.1 Å². The Labute approximate surface area is 211 Å². The molecule has 0 bridgehead atoms. The lowest BCUT2D eigenvalue weighted by Crippen LogP contribution is -2.61. The standard InChI is InChI=1S/C28H45N3O4/c1-11-21(18-19(3)26(34)35-12-2)31(10)25(33)23(27(4,5)6)30-24(32)22(29-9)28(7,8)20-16-14-13-15-17-20/h13-18,21-23,29H,11-12H2,1-10H3,(H,30,32)/b19-18+/t21-,22?,23+/m0/s1. The van der Waals surface area contributed by atoms with Crippen LogP contribution in [-0.4, -0.2) is 61.5 Å². The van der Waals surface area contributed by atoms with Crippen molar-refractivity contribution in [2.45, 2.75) is 85.4 Å². The molecule has 0 aromatic heterocycles. The fourth-order valence-electron chi connectivity index (χ4n) is 4.20. The molecule has 0 saturated carbocycles. The van der Waals surface area contributed by atoms with Gasteiger partial charge in [0.1, 0.15) is 6.04 Å². The zero-order chi connectivity index (χ0) is 27.0. The van der Waals surface area contributed by atoms with Gasteiger partial charge in [0.25, 0.3) is 0 Å². The highest BCUT2D eigenvalue weighted by Gasteiger charge is 2.41. The Balaban J connectivity index is 3.21. The molecule has 2 amide bonds. The molecule has 2 N–H and O–H groups in total. The molecule has 35 heavy (non-hydrogen) atoms. The minimum Gasteiger partial charge on any atom is -0.463 e. The zero-order valence-electron chi connectivity index (χ0n) is 23.2. The molecule has 0 aliphatic rings. The first-order valence-electron chi connectivity index (χ1n) is 12.4. The van der Waals surface area contributed by atoms with Crippen LogP contribution in [0.5, 0.6) is 0 Å². The number of nitrogens with zero attached hydrogens (tertiary/aromatic N) is 1. The number of esters is 1. The van der Waals surface area contributed by atoms with E-state index in [4.69, 9.17) is 4.74 Å². The number of ether oxygens (including phenoxy) is 1. The third-order valence-electron chi connectivity index (χ3n) is 6.49. The number of amides is 2. The second-order valence-corrected chi connectivity index (χ2v) is 10.6. The van der Waals surface area contributed by atoms with Crippen molar-refractivity contribution in [3.05, 3.63) is 47.5 Å². The second-order valence-electron chi connectivity index (χ2n) is 10.6. The van der Waals surface area contributed by atoms with E-state index in [2.05, 4.69) is 10.6 Å². The number of carbonyl (C=O) groups excluding carboxylic acids is 3. The van der Waals surface area contributed by atoms with E-state index >= 15 is 0 Å². The Hall–Kier alpha value is -2.67. The van der Waals surface area contributed by atoms with Crippen LogP contribution in [0.25, 0.3) is 0 Å². The molecule has 0 fully saturated rings. The fraction of sp³-hybridized carbons (Fsp3) is 0.607. The van der Waals surface area contributed by atoms with Crippen LogP contribution in [0, 0.1) is 5.41 Å². The van der Waals surface area contributed by atoms with Gasteiger partial charge in [0.2, 0.25) is 11.8 Å². The summed E-state index contributed by atoms with van der Waals surface area (Å²) in [5, 5.41) is 6.19. The molecule has 7 nitrogen and oxygen atoms in total. The topological polar surface area (TPSA) is 87.7 Å². The lowest BCUT2D eigenvalue weighted by Gasteiger charge is -2.39. The molecule has 1 rings (SSSR count). The predicted molar refractivity (Wildman–Crippen MR) is 141 cm³/mol. The van der Waals surface area contributed by atoms with Gasteiger partial charge in [0.05, 0.1) is 18.7 Å². The molecule has 196 valence electrons. The minimum absolute atomic E-state index is 0.210. The molecule has 0 aliphatic heterocycles. The highest BCUT2D eigenvalue weighted by atomic mass is 16.5. The number of hydrogen-bond acceptors (Lipinski definition) is 5. The van der Waals surface area contributed by atoms with Gasteiger partial charge >= 0.3 is 5.97 Å². The molecule has 0 aliphatic carbocycles. The Bertz CT molecular complexity index is 887. The lowest BCUT2D eigenvalue weighted by molar-refractivity contribution is -0.140. The van der Waals surface area contributed by atoms with E-state index in [1.807, 2.05) is 71.9 Å². The second kappa shape index (κ2) is 12.9. The van der Waals surface area contributed by atoms with Crippen molar-refractivity contribution in [1.82, 2.24) is 15.5 Å². The van der Waals surface area contributed by atoms with Crippen LogP contribution in [-0.2, 0) is 24.5 Å². The molecule has 0 saturated heterocycles. The molecular weight excluding hydrogens is 442 g/mol. The fourth-order valence-corrected chi connectivity index (χ4v) is 4.20. The maximum atomic E-state index is 13.7. The van der Waals surface area contributed by atoms with Gasteiger partial charge in [-0.25, -0.2) is 4.79 Å². The van der Waals surface area contributed by atoms with Gasteiger partial charge in [-0.3, -0.25) is 9.59 Å². The van der Waals surface area contributed by atoms with Crippen molar-refractivity contribution in [1.29, 1.82) is 0 Å². The smallest absolute Gasteiger partial charge is 0.333 e. The first kappa shape index (κ1) is 30.4. The van der Waals surface area contributed by atoms with Gasteiger partial charge in [0, 0.05) is 18.0 Å². The first-order valence-corrected chi connectivity index (χ1v) is 12.4. The minimum atomic E-state index is -0.757. The van der Waals surface area contributed by atoms with Crippen molar-refractivity contribution >= 4 is 17.8 Å². The summed E-state index contributed by atoms with van der Waals surface area (Å²) in [6.07, 6.45) is 2.37. The van der Waals surface area contributed by atoms with Gasteiger partial charge < -0.3 is 20.3 Å². The number of rotatable bonds is 11. The normalized spacial score (nSPS) is 15.1. The highest BCUT2D eigenvalue weighted by Crippen LogP contribution is 2.28. The Morgan fingerprint density at radius 1 is 1.03 bits per heavy atom. The Morgan fingerprint density at radius 2 is 1.60 bits per heavy atom. The lowest BCUT2D eigenvalue weighted by atomic mass is 9.76. The largest absolute Gasteiger partial charge is 0.463 e. The van der Waals surface area contributed by atoms with Crippen molar-refractivity contribution in [2.24, 2.45) is 5.41 Å². The molecule has 1 aromatic rings. The summed E-state index contributed by atoms with van der Waals surface area (Å²) in [4.78, 5) is 40.9. The van der Waals surface area contributed by atoms with Crippen LogP contribution in [0.4, 0.5) is 0 Å². The van der Waals surface area contributed by atoms with Crippen LogP contribution in [0.3, 0.4) is 0 Å². The number of hydrogen-bond donors (Lipinski definition) is 2. The predicted octanol–water partition coefficient (Wildman–Crippen LogP) is 3.83. The van der Waals surface area contributed by atoms with Gasteiger partial charge in [-0.2, -0.15) is 0 Å². The zero-order valence-corrected chi connectivity index (χ0v) is 23.2. The Kier molecular flexibility index (Phi) is 11.2. The molecular formula is C28H45N3O4. The van der Waals surface area contributed by atoms with Crippen LogP contribution < -0.4 is 10.6 Å². The number of benzene rings is 1. The van der Waals surface area contributed by atoms with Crippen molar-refractivity contribution in [2.75, 3.05) is 20.7 Å². The molecule has 0 heterocycles. The number of nitrogens with one attached hydrogen (secondary N) is 2. The molecule has 0 radical (unpaired) electrons. The van der Waals surface area contributed by atoms with Crippen molar-refractivity contribution in [3.63, 3.8) is 0 Å². The summed E-state index contributed by atoms with van der Waals surface area (Å²) in [5.74, 6) is -0.847. The van der Waals surface area contributed by atoms with Crippen LogP contribution in [0.2, 0.25) is 0 Å². The maximum absolute atomic E-state index is 13.7. The molecule has 1 aromatic carbocycles. The van der Waals surface area contributed by atoms with Gasteiger partial charge in [-0.15, -0.1) is 0 Å². The maximum Gasteiger partial charge on any atom is 0.333 e. The molecule has 1 unspecified atom stereocenters. The van der Waals surface area contributed by atoms with Crippen LogP contribution in [0.15, 0.2) is 42.0 Å². The number of likely N-dealkylation sites (N-methyl/N-ethyl adjacent to an activating group) is 2. The third kappa shape index (κ3) is 7.92. The van der Waals surface area contributed by atoms with E-state index in [1.54, 1.807) is 38.9 Å². The highest BCUT2D eigenvalue weighted by molar-refractivity contribution is 5.92. The summed E-state index contributed by atoms with van der Waals surface area (Å²) in [6, 6.07) is 8.23. The summed E-state index contributed by atoms with van der Waals surface area (Å²) >= 11 is 0. The van der Waals surface area contributed by atoms with Crippen LogP contribution in [0.1, 0.15) is 67.4 Å². The third-order valence-corrected chi connectivity index (χ3v) is 6.49. The SMILES string of the molecule is CCOC(=O)/C(C)=C/[C@H](CC)N(C)C(=O)[C@@H](NC(=O)C(NC)C(C)(C)c1ccccc1)C(C)(C)C. The monoisotopic (exact) mass is 487 g/mol. The summed E-state index contributed by atoms with van der Waals surface area (Å²) in [5.41, 5.74) is 0.433. The van der Waals surface area contributed by atoms with E-state index in [1.165, 1.54) is 0 Å². The molecule has 0 spiro atoms. The van der Waals surface area contributed by atoms with E-state index in [9.17, 15) is 14.4 Å². The Morgan fingerprint density at radius 3 is 2.06 bits per heavy atom. The van der Waals surface area contributed by atoms with Gasteiger partial charge in [-0.1, -0.05) is 78.0 Å². The summed E-state index contributed by atoms with van der Waals surface area (Å²) < 4.78 is 5.08. The summed E-state index contributed by atoms with van der Waals surface area (Å²) in [6.45, 7) is 15.5. The van der Waals surface area contributed by atoms with E-state index < -0.39 is 28.9 Å². The molecule has 7 heteroatoms. The van der Waals surface area contributed by atoms with E-state index in [0.717, 1.165) is 5.56 Å². The average molecular weight is 488 g/mol. The quantitative estimate of drug-likeness (QED) is 0.366. The van der Waals surface area contributed by atoms with E-state index in [0.29, 0.717) is 18.6 Å². The van der Waals surface area contributed by atoms with E-state index in [-0.39, 0.29) is 17.9 Å². The van der Waals surface area contributed by atoms with Crippen LogP contribution >= 0.6 is 0 Å². The molecule has 3 atom stereocenters. The number of carbonyl (C=O) groups is 3. The summed E-state index contributed by atoms with van der Waals surface area (Å²) in [7, 11) is 3.46. The van der Waals surface area contributed by atoms with Gasteiger partial charge in [0.15, 0.2) is 0 Å². The average Bonchev–Trinajstić information content (AvgIpc) is 2.80. The first-order chi connectivity index (χ1) is 16.2. The van der Waals surface area contributed by atoms with Crippen molar-refractivity contribution in [3.8, 4) is 0 Å².